The van der Waals surface area contributed by atoms with E-state index in [4.69, 9.17) is 0 Å². The second-order valence-corrected chi connectivity index (χ2v) is 7.49. The molecule has 0 saturated heterocycles. The van der Waals surface area contributed by atoms with Gasteiger partial charge >= 0.3 is 142 Å². The molecule has 0 N–H and O–H groups in total. The molecule has 115 valence electrons. The molecule has 3 heteroatoms. The average molecular weight is 419 g/mol. The number of halogens is 2. The van der Waals surface area contributed by atoms with Gasteiger partial charge in [-0.3, -0.25) is 0 Å². The summed E-state index contributed by atoms with van der Waals surface area (Å²) in [7, 11) is 0. The van der Waals surface area contributed by atoms with Gasteiger partial charge in [0, 0.05) is 0 Å². The molecule has 23 heavy (non-hydrogen) atoms. The van der Waals surface area contributed by atoms with Crippen LogP contribution in [0.2, 0.25) is 0 Å². The number of hydrogen-bond donors (Lipinski definition) is 0. The average Bonchev–Trinajstić information content (AvgIpc) is 3.08. The molecule has 0 nitrogen and oxygen atoms in total. The van der Waals surface area contributed by atoms with Crippen LogP contribution in [0.15, 0.2) is 48.6 Å². The Balaban J connectivity index is 0.000000960. The molecule has 4 rings (SSSR count). The largest absolute Gasteiger partial charge is 1.00 e. The van der Waals surface area contributed by atoms with Crippen LogP contribution in [-0.4, -0.2) is 0 Å². The third-order valence-electron chi connectivity index (χ3n) is 4.64. The zero-order valence-corrected chi connectivity index (χ0v) is 17.1. The Morgan fingerprint density at radius 3 is 2.43 bits per heavy atom. The predicted molar refractivity (Wildman–Crippen MR) is 84.9 cm³/mol. The fraction of sp³-hybridized carbons (Fsp3) is 0.200. The van der Waals surface area contributed by atoms with Gasteiger partial charge in [0.2, 0.25) is 0 Å². The molecule has 0 aromatic heterocycles. The molecule has 2 aromatic carbocycles. The Hall–Kier alpha value is -0.617. The zero-order chi connectivity index (χ0) is 14.6. The van der Waals surface area contributed by atoms with Crippen LogP contribution in [0.5, 0.6) is 0 Å². The van der Waals surface area contributed by atoms with Crippen molar-refractivity contribution < 1.29 is 49.5 Å². The number of benzene rings is 2. The van der Waals surface area contributed by atoms with Crippen molar-refractivity contribution in [3.8, 4) is 11.1 Å². The van der Waals surface area contributed by atoms with Crippen LogP contribution in [0.1, 0.15) is 37.9 Å². The molecule has 0 aliphatic heterocycles. The van der Waals surface area contributed by atoms with Gasteiger partial charge < -0.3 is 24.8 Å². The van der Waals surface area contributed by atoms with Gasteiger partial charge in [-0.15, -0.1) is 0 Å². The van der Waals surface area contributed by atoms with Gasteiger partial charge in [0.25, 0.3) is 0 Å². The SMILES string of the molecule is Cc1ccc2c(c1)[CH]([Zr+2])c1c-2ccc(C)c1C1=CC=CC1.[Cl-].[Cl-]. The Morgan fingerprint density at radius 2 is 1.74 bits per heavy atom. The normalized spacial score (nSPS) is 17.0. The summed E-state index contributed by atoms with van der Waals surface area (Å²) >= 11 is 1.59. The van der Waals surface area contributed by atoms with Crippen LogP contribution in [0, 0.1) is 13.8 Å². The van der Waals surface area contributed by atoms with Gasteiger partial charge in [-0.1, -0.05) is 0 Å². The summed E-state index contributed by atoms with van der Waals surface area (Å²) in [6.45, 7) is 4.45. The van der Waals surface area contributed by atoms with Crippen molar-refractivity contribution in [2.45, 2.75) is 23.9 Å². The van der Waals surface area contributed by atoms with E-state index in [-0.39, 0.29) is 24.8 Å². The number of aryl methyl sites for hydroxylation is 2. The van der Waals surface area contributed by atoms with Crippen molar-refractivity contribution in [2.75, 3.05) is 0 Å². The second kappa shape index (κ2) is 7.10. The van der Waals surface area contributed by atoms with Crippen LogP contribution in [0.4, 0.5) is 0 Å². The number of rotatable bonds is 1. The first kappa shape index (κ1) is 18.7. The van der Waals surface area contributed by atoms with E-state index in [2.05, 4.69) is 62.4 Å². The summed E-state index contributed by atoms with van der Waals surface area (Å²) < 4.78 is 0.582. The van der Waals surface area contributed by atoms with Crippen LogP contribution in [0.25, 0.3) is 16.7 Å². The maximum atomic E-state index is 2.38. The van der Waals surface area contributed by atoms with E-state index in [9.17, 15) is 0 Å². The Labute approximate surface area is 165 Å². The molecule has 0 saturated carbocycles. The Bertz CT molecular complexity index is 819. The van der Waals surface area contributed by atoms with E-state index >= 15 is 0 Å². The van der Waals surface area contributed by atoms with Crippen molar-refractivity contribution in [3.05, 3.63) is 76.4 Å². The molecule has 2 aromatic rings. The Kier molecular flexibility index (Phi) is 5.77. The summed E-state index contributed by atoms with van der Waals surface area (Å²) in [6, 6.07) is 11.6. The van der Waals surface area contributed by atoms with Gasteiger partial charge in [-0.25, -0.2) is 0 Å². The fourth-order valence-corrected chi connectivity index (χ4v) is 4.97. The number of hydrogen-bond acceptors (Lipinski definition) is 0. The van der Waals surface area contributed by atoms with E-state index in [1.54, 1.807) is 30.3 Å². The van der Waals surface area contributed by atoms with E-state index in [1.807, 2.05) is 0 Å². The van der Waals surface area contributed by atoms with Crippen molar-refractivity contribution in [1.29, 1.82) is 0 Å². The minimum absolute atomic E-state index is 0. The van der Waals surface area contributed by atoms with Crippen molar-refractivity contribution in [1.82, 2.24) is 0 Å². The molecule has 0 bridgehead atoms. The second-order valence-electron chi connectivity index (χ2n) is 6.07. The summed E-state index contributed by atoms with van der Waals surface area (Å²) in [5, 5.41) is 0. The summed E-state index contributed by atoms with van der Waals surface area (Å²) in [5.74, 6) is 0. The minimum Gasteiger partial charge on any atom is -1.00 e. The molecule has 0 fully saturated rings. The van der Waals surface area contributed by atoms with Crippen molar-refractivity contribution in [2.24, 2.45) is 0 Å². The molecule has 1 atom stereocenters. The minimum atomic E-state index is 0. The van der Waals surface area contributed by atoms with E-state index in [1.165, 1.54) is 39.0 Å². The van der Waals surface area contributed by atoms with E-state index in [0.29, 0.717) is 3.63 Å². The summed E-state index contributed by atoms with van der Waals surface area (Å²) in [5.41, 5.74) is 11.8. The first-order valence-corrected chi connectivity index (χ1v) is 8.90. The van der Waals surface area contributed by atoms with Gasteiger partial charge in [-0.2, -0.15) is 0 Å². The molecular formula is C20H17Cl2Zr. The van der Waals surface area contributed by atoms with Gasteiger partial charge in [-0.05, 0) is 0 Å². The molecule has 1 unspecified atom stereocenters. The predicted octanol–water partition coefficient (Wildman–Crippen LogP) is -0.729. The maximum Gasteiger partial charge on any atom is -1.00 e. The quantitative estimate of drug-likeness (QED) is 0.572. The van der Waals surface area contributed by atoms with Gasteiger partial charge in [0.05, 0.1) is 0 Å². The third kappa shape index (κ3) is 2.93. The van der Waals surface area contributed by atoms with Crippen LogP contribution in [0.3, 0.4) is 0 Å². The van der Waals surface area contributed by atoms with E-state index < -0.39 is 0 Å². The maximum absolute atomic E-state index is 2.38. The molecule has 2 aliphatic rings. The smallest absolute Gasteiger partial charge is 1.00 e. The molecule has 0 amide bonds. The molecule has 2 aliphatic carbocycles. The van der Waals surface area contributed by atoms with Crippen LogP contribution < -0.4 is 24.8 Å². The van der Waals surface area contributed by atoms with E-state index in [0.717, 1.165) is 6.42 Å². The third-order valence-corrected chi connectivity index (χ3v) is 6.12. The molecule has 0 spiro atoms. The Morgan fingerprint density at radius 1 is 1.00 bits per heavy atom. The van der Waals surface area contributed by atoms with Gasteiger partial charge in [0.1, 0.15) is 0 Å². The van der Waals surface area contributed by atoms with Crippen LogP contribution >= 0.6 is 0 Å². The number of allylic oxidation sites excluding steroid dienone is 4. The summed E-state index contributed by atoms with van der Waals surface area (Å²) in [6.07, 6.45) is 7.83. The molecular weight excluding hydrogens is 402 g/mol. The van der Waals surface area contributed by atoms with Crippen molar-refractivity contribution in [3.63, 3.8) is 0 Å². The monoisotopic (exact) mass is 417 g/mol. The zero-order valence-electron chi connectivity index (χ0n) is 13.2. The van der Waals surface area contributed by atoms with Crippen LogP contribution in [-0.2, 0) is 24.7 Å². The number of fused-ring (bicyclic) bond motifs is 3. The topological polar surface area (TPSA) is 0 Å². The summed E-state index contributed by atoms with van der Waals surface area (Å²) in [4.78, 5) is 0. The van der Waals surface area contributed by atoms with Crippen molar-refractivity contribution >= 4 is 5.57 Å². The standard InChI is InChI=1S/C20H17.2ClH.Zr/c1-13-7-9-17-16(11-13)12-19-18(17)10-8-14(2)20(19)15-5-3-4-6-15;;;/h3-5,7-12H,6H2,1-2H3;2*1H;/q;;;+2/p-2. The first-order chi connectivity index (χ1) is 10.2. The molecule has 0 heterocycles. The first-order valence-electron chi connectivity index (χ1n) is 7.48. The fourth-order valence-electron chi connectivity index (χ4n) is 3.64. The molecule has 0 radical (unpaired) electrons. The van der Waals surface area contributed by atoms with Gasteiger partial charge in [0.15, 0.2) is 0 Å².